The predicted octanol–water partition coefficient (Wildman–Crippen LogP) is 3.09. The van der Waals surface area contributed by atoms with Crippen LogP contribution in [0.2, 0.25) is 0 Å². The van der Waals surface area contributed by atoms with Crippen LogP contribution in [0.1, 0.15) is 18.1 Å². The number of carbonyl (C=O) groups is 2. The van der Waals surface area contributed by atoms with Crippen molar-refractivity contribution in [2.24, 2.45) is 0 Å². The van der Waals surface area contributed by atoms with Crippen LogP contribution < -0.4 is 20.1 Å². The van der Waals surface area contributed by atoms with E-state index in [9.17, 15) is 9.59 Å². The smallest absolute Gasteiger partial charge is 0.319 e. The van der Waals surface area contributed by atoms with Gasteiger partial charge in [0.25, 0.3) is 0 Å². The zero-order valence-corrected chi connectivity index (χ0v) is 15.5. The van der Waals surface area contributed by atoms with Crippen molar-refractivity contribution in [2.75, 3.05) is 25.6 Å². The van der Waals surface area contributed by atoms with E-state index in [0.29, 0.717) is 42.3 Å². The number of nitrogens with one attached hydrogen (secondary N) is 2. The Labute approximate surface area is 158 Å². The highest BCUT2D eigenvalue weighted by molar-refractivity contribution is 5.89. The summed E-state index contributed by atoms with van der Waals surface area (Å²) in [7, 11) is 1.59. The predicted molar refractivity (Wildman–Crippen MR) is 103 cm³/mol. The summed E-state index contributed by atoms with van der Waals surface area (Å²) in [5, 5.41) is 14.3. The number of carboxylic acid groups (broad SMARTS) is 1. The molecule has 144 valence electrons. The Kier molecular flexibility index (Phi) is 7.49. The molecule has 0 aliphatic rings. The highest BCUT2D eigenvalue weighted by atomic mass is 16.5. The zero-order chi connectivity index (χ0) is 19.6. The third kappa shape index (κ3) is 6.54. The second-order valence-electron chi connectivity index (χ2n) is 5.82. The molecule has 0 aliphatic carbocycles. The number of rotatable bonds is 9. The molecule has 27 heavy (non-hydrogen) atoms. The van der Waals surface area contributed by atoms with E-state index < -0.39 is 5.97 Å². The largest absolute Gasteiger partial charge is 0.493 e. The summed E-state index contributed by atoms with van der Waals surface area (Å²) < 4.78 is 10.8. The Balaban J connectivity index is 1.81. The van der Waals surface area contributed by atoms with Crippen molar-refractivity contribution in [3.8, 4) is 11.5 Å². The van der Waals surface area contributed by atoms with E-state index in [4.69, 9.17) is 14.6 Å². The Hall–Kier alpha value is -3.22. The fraction of sp³-hybridized carbons (Fsp3) is 0.300. The fourth-order valence-electron chi connectivity index (χ4n) is 2.52. The number of aliphatic carboxylic acids is 1. The van der Waals surface area contributed by atoms with Gasteiger partial charge in [-0.3, -0.25) is 4.79 Å². The van der Waals surface area contributed by atoms with Crippen LogP contribution in [-0.4, -0.2) is 37.4 Å². The molecule has 3 N–H and O–H groups in total. The maximum atomic E-state index is 12.0. The monoisotopic (exact) mass is 372 g/mol. The molecule has 0 atom stereocenters. The molecule has 0 aromatic heterocycles. The van der Waals surface area contributed by atoms with Gasteiger partial charge in [-0.25, -0.2) is 4.79 Å². The number of amides is 2. The van der Waals surface area contributed by atoms with Crippen LogP contribution in [0.3, 0.4) is 0 Å². The summed E-state index contributed by atoms with van der Waals surface area (Å²) in [6, 6.07) is 12.1. The van der Waals surface area contributed by atoms with E-state index >= 15 is 0 Å². The van der Waals surface area contributed by atoms with E-state index in [1.54, 1.807) is 31.4 Å². The molecule has 7 heteroatoms. The van der Waals surface area contributed by atoms with E-state index in [-0.39, 0.29) is 12.5 Å². The van der Waals surface area contributed by atoms with Gasteiger partial charge in [0.05, 0.1) is 20.1 Å². The lowest BCUT2D eigenvalue weighted by Crippen LogP contribution is -2.30. The Morgan fingerprint density at radius 3 is 2.37 bits per heavy atom. The lowest BCUT2D eigenvalue weighted by atomic mass is 10.1. The van der Waals surface area contributed by atoms with Crippen LogP contribution in [0.25, 0.3) is 0 Å². The summed E-state index contributed by atoms with van der Waals surface area (Å²) >= 11 is 0. The van der Waals surface area contributed by atoms with Crippen LogP contribution >= 0.6 is 0 Å². The molecule has 0 radical (unpaired) electrons. The van der Waals surface area contributed by atoms with E-state index in [0.717, 1.165) is 5.56 Å². The van der Waals surface area contributed by atoms with Gasteiger partial charge in [0.15, 0.2) is 11.5 Å². The summed E-state index contributed by atoms with van der Waals surface area (Å²) in [5.41, 5.74) is 2.30. The first kappa shape index (κ1) is 20.1. The first-order chi connectivity index (χ1) is 13.0. The van der Waals surface area contributed by atoms with Gasteiger partial charge in [0.1, 0.15) is 0 Å². The van der Waals surface area contributed by atoms with Crippen molar-refractivity contribution < 1.29 is 24.2 Å². The number of carboxylic acids is 1. The maximum Gasteiger partial charge on any atom is 0.319 e. The molecule has 2 amide bonds. The van der Waals surface area contributed by atoms with Gasteiger partial charge in [0, 0.05) is 12.2 Å². The molecule has 7 nitrogen and oxygen atoms in total. The van der Waals surface area contributed by atoms with Gasteiger partial charge >= 0.3 is 12.0 Å². The van der Waals surface area contributed by atoms with Crippen molar-refractivity contribution in [2.45, 2.75) is 19.8 Å². The third-order valence-corrected chi connectivity index (χ3v) is 3.79. The number of urea groups is 1. The average molecular weight is 372 g/mol. The number of methoxy groups -OCH3 is 1. The van der Waals surface area contributed by atoms with Gasteiger partial charge in [-0.1, -0.05) is 18.2 Å². The zero-order valence-electron chi connectivity index (χ0n) is 15.5. The quantitative estimate of drug-likeness (QED) is 0.628. The summed E-state index contributed by atoms with van der Waals surface area (Å²) in [6.45, 7) is 2.93. The number of anilines is 1. The third-order valence-electron chi connectivity index (χ3n) is 3.79. The Morgan fingerprint density at radius 2 is 1.74 bits per heavy atom. The average Bonchev–Trinajstić information content (AvgIpc) is 2.64. The minimum absolute atomic E-state index is 0.0436. The van der Waals surface area contributed by atoms with Crippen molar-refractivity contribution in [3.05, 3.63) is 53.6 Å². The second-order valence-corrected chi connectivity index (χ2v) is 5.82. The van der Waals surface area contributed by atoms with Crippen LogP contribution in [0.15, 0.2) is 42.5 Å². The lowest BCUT2D eigenvalue weighted by Gasteiger charge is -2.12. The lowest BCUT2D eigenvalue weighted by molar-refractivity contribution is -0.136. The van der Waals surface area contributed by atoms with E-state index in [1.807, 2.05) is 25.1 Å². The number of carbonyl (C=O) groups excluding carboxylic acids is 1. The molecule has 0 spiro atoms. The molecule has 2 aromatic carbocycles. The number of benzene rings is 2. The van der Waals surface area contributed by atoms with Gasteiger partial charge in [-0.2, -0.15) is 0 Å². The molecule has 0 heterocycles. The molecule has 0 unspecified atom stereocenters. The molecule has 0 bridgehead atoms. The minimum atomic E-state index is -0.889. The molecular weight excluding hydrogens is 348 g/mol. The van der Waals surface area contributed by atoms with Gasteiger partial charge in [-0.05, 0) is 48.7 Å². The first-order valence-electron chi connectivity index (χ1n) is 8.67. The molecule has 0 fully saturated rings. The van der Waals surface area contributed by atoms with Gasteiger partial charge < -0.3 is 25.2 Å². The van der Waals surface area contributed by atoms with Crippen molar-refractivity contribution in [3.63, 3.8) is 0 Å². The maximum absolute atomic E-state index is 12.0. The summed E-state index contributed by atoms with van der Waals surface area (Å²) in [6.07, 6.45) is 0.603. The molecule has 0 saturated carbocycles. The topological polar surface area (TPSA) is 96.9 Å². The normalized spacial score (nSPS) is 10.1. The molecular formula is C20H24N2O5. The van der Waals surface area contributed by atoms with Gasteiger partial charge in [-0.15, -0.1) is 0 Å². The fourth-order valence-corrected chi connectivity index (χ4v) is 2.52. The molecule has 2 aromatic rings. The van der Waals surface area contributed by atoms with Crippen LogP contribution in [0.4, 0.5) is 10.5 Å². The van der Waals surface area contributed by atoms with Crippen LogP contribution in [-0.2, 0) is 17.6 Å². The number of ether oxygens (including phenoxy) is 2. The first-order valence-corrected chi connectivity index (χ1v) is 8.67. The summed E-state index contributed by atoms with van der Waals surface area (Å²) in [5.74, 6) is 0.473. The van der Waals surface area contributed by atoms with E-state index in [1.165, 1.54) is 0 Å². The van der Waals surface area contributed by atoms with Gasteiger partial charge in [0.2, 0.25) is 0 Å². The van der Waals surface area contributed by atoms with Crippen LogP contribution in [0, 0.1) is 0 Å². The Morgan fingerprint density at radius 1 is 1.04 bits per heavy atom. The highest BCUT2D eigenvalue weighted by Gasteiger charge is 2.07. The molecule has 0 aliphatic heterocycles. The van der Waals surface area contributed by atoms with Crippen molar-refractivity contribution >= 4 is 17.7 Å². The van der Waals surface area contributed by atoms with Crippen molar-refractivity contribution in [1.29, 1.82) is 0 Å². The van der Waals surface area contributed by atoms with E-state index in [2.05, 4.69) is 10.6 Å². The number of hydrogen-bond donors (Lipinski definition) is 3. The minimum Gasteiger partial charge on any atom is -0.493 e. The highest BCUT2D eigenvalue weighted by Crippen LogP contribution is 2.28. The second kappa shape index (κ2) is 10.1. The Bertz CT molecular complexity index is 774. The van der Waals surface area contributed by atoms with Crippen molar-refractivity contribution in [1.82, 2.24) is 5.32 Å². The molecule has 0 saturated heterocycles. The molecule has 2 rings (SSSR count). The van der Waals surface area contributed by atoms with Crippen LogP contribution in [0.5, 0.6) is 11.5 Å². The summed E-state index contributed by atoms with van der Waals surface area (Å²) in [4.78, 5) is 22.6. The SMILES string of the molecule is CCOc1ccc(CCNC(=O)Nc2ccc(CC(=O)O)cc2)cc1OC. The standard InChI is InChI=1S/C20H24N2O5/c1-3-27-17-9-6-15(12-18(17)26-2)10-11-21-20(25)22-16-7-4-14(5-8-16)13-19(23)24/h4-9,12H,3,10-11,13H2,1-2H3,(H,23,24)(H2,21,22,25). The number of hydrogen-bond acceptors (Lipinski definition) is 4.